The van der Waals surface area contributed by atoms with E-state index in [1.807, 2.05) is 68.4 Å². The van der Waals surface area contributed by atoms with E-state index in [9.17, 15) is 4.79 Å². The van der Waals surface area contributed by atoms with Gasteiger partial charge in [0.1, 0.15) is 18.2 Å². The Morgan fingerprint density at radius 3 is 2.53 bits per heavy atom. The highest BCUT2D eigenvalue weighted by atomic mass is 35.5. The Morgan fingerprint density at radius 2 is 1.82 bits per heavy atom. The van der Waals surface area contributed by atoms with E-state index >= 15 is 0 Å². The van der Waals surface area contributed by atoms with Gasteiger partial charge < -0.3 is 14.4 Å². The lowest BCUT2D eigenvalue weighted by atomic mass is 9.98. The van der Waals surface area contributed by atoms with Crippen LogP contribution in [0.4, 0.5) is 5.69 Å². The molecule has 2 heterocycles. The van der Waals surface area contributed by atoms with E-state index in [1.54, 1.807) is 12.1 Å². The minimum Gasteiger partial charge on any atom is -0.478 e. The molecule has 3 aromatic rings. The molecule has 0 saturated carbocycles. The lowest BCUT2D eigenvalue weighted by Crippen LogP contribution is -2.31. The summed E-state index contributed by atoms with van der Waals surface area (Å²) in [5.41, 5.74) is 5.37. The number of halogens is 2. The molecule has 5 nitrogen and oxygen atoms in total. The Kier molecular flexibility index (Phi) is 6.02. The van der Waals surface area contributed by atoms with Gasteiger partial charge in [-0.15, -0.1) is 0 Å². The molecule has 2 aliphatic heterocycles. The number of fused-ring (bicyclic) bond motifs is 3. The van der Waals surface area contributed by atoms with Gasteiger partial charge in [0.25, 0.3) is 0 Å². The number of hydrogen-bond donors (Lipinski definition) is 0. The number of rotatable bonds is 4. The number of nitrogens with zero attached hydrogens (tertiary/aromatic N) is 2. The van der Waals surface area contributed by atoms with Crippen molar-refractivity contribution in [2.24, 2.45) is 0 Å². The molecule has 0 fully saturated rings. The molecule has 174 valence electrons. The largest absolute Gasteiger partial charge is 0.478 e. The summed E-state index contributed by atoms with van der Waals surface area (Å²) in [6.07, 6.45) is 1.80. The second-order valence-electron chi connectivity index (χ2n) is 8.81. The number of Topliss-reactive ketones (excluding diaryl/α,β-unsaturated/α-hetero) is 1. The first kappa shape index (κ1) is 22.8. The highest BCUT2D eigenvalue weighted by Crippen LogP contribution is 2.44. The fraction of sp³-hybridized carbons (Fsp3) is 0.222. The van der Waals surface area contributed by atoms with Gasteiger partial charge in [-0.1, -0.05) is 41.4 Å². The highest BCUT2D eigenvalue weighted by Gasteiger charge is 2.35. The number of anilines is 1. The zero-order chi connectivity index (χ0) is 24.0. The van der Waals surface area contributed by atoms with Gasteiger partial charge in [-0.3, -0.25) is 9.69 Å². The van der Waals surface area contributed by atoms with Gasteiger partial charge in [0.2, 0.25) is 5.78 Å². The summed E-state index contributed by atoms with van der Waals surface area (Å²) in [6.45, 7) is 3.57. The van der Waals surface area contributed by atoms with Gasteiger partial charge in [-0.25, -0.2) is 0 Å². The molecule has 0 N–H and O–H groups in total. The lowest BCUT2D eigenvalue weighted by molar-refractivity contribution is 0.0872. The Labute approximate surface area is 209 Å². The summed E-state index contributed by atoms with van der Waals surface area (Å²) in [7, 11) is 3.99. The van der Waals surface area contributed by atoms with Crippen molar-refractivity contribution in [3.05, 3.63) is 92.2 Å². The smallest absolute Gasteiger partial charge is 0.232 e. The van der Waals surface area contributed by atoms with Crippen molar-refractivity contribution in [1.29, 1.82) is 0 Å². The van der Waals surface area contributed by atoms with Crippen LogP contribution in [0.3, 0.4) is 0 Å². The molecule has 0 atom stereocenters. The van der Waals surface area contributed by atoms with Gasteiger partial charge >= 0.3 is 0 Å². The Balaban J connectivity index is 1.42. The number of ether oxygens (including phenoxy) is 2. The molecule has 0 bridgehead atoms. The minimum absolute atomic E-state index is 0.103. The topological polar surface area (TPSA) is 42.0 Å². The van der Waals surface area contributed by atoms with Crippen molar-refractivity contribution in [1.82, 2.24) is 4.90 Å². The SMILES string of the molecule is Cc1cc2c(c3c1C(=O)/C(=C/c1ccc(N(C)C)cc1)O3)CN(Cc1ccc(Cl)c(Cl)c1)CO2. The fourth-order valence-electron chi connectivity index (χ4n) is 4.29. The summed E-state index contributed by atoms with van der Waals surface area (Å²) in [4.78, 5) is 17.4. The van der Waals surface area contributed by atoms with Gasteiger partial charge in [0.15, 0.2) is 5.76 Å². The molecule has 0 aliphatic carbocycles. The normalized spacial score (nSPS) is 16.1. The number of allylic oxidation sites excluding steroid dienone is 1. The van der Waals surface area contributed by atoms with E-state index in [0.717, 1.165) is 33.7 Å². The molecule has 2 aliphatic rings. The second kappa shape index (κ2) is 8.99. The Morgan fingerprint density at radius 1 is 1.06 bits per heavy atom. The van der Waals surface area contributed by atoms with Crippen LogP contribution in [0, 0.1) is 6.92 Å². The first-order valence-electron chi connectivity index (χ1n) is 11.0. The standard InChI is InChI=1S/C27H24Cl2N2O3/c1-16-10-23-20(14-31(15-33-23)13-18-6-9-21(28)22(29)11-18)27-25(16)26(32)24(34-27)12-17-4-7-19(8-5-17)30(2)3/h4-12H,13-15H2,1-3H3/b24-12-. The Bertz CT molecular complexity index is 1320. The van der Waals surface area contributed by atoms with Crippen LogP contribution in [0.1, 0.15) is 32.6 Å². The monoisotopic (exact) mass is 494 g/mol. The molecule has 5 rings (SSSR count). The van der Waals surface area contributed by atoms with E-state index in [2.05, 4.69) is 4.90 Å². The van der Waals surface area contributed by atoms with E-state index in [0.29, 0.717) is 46.9 Å². The molecular weight excluding hydrogens is 471 g/mol. The summed E-state index contributed by atoms with van der Waals surface area (Å²) in [5.74, 6) is 1.57. The summed E-state index contributed by atoms with van der Waals surface area (Å²) in [6, 6.07) is 15.5. The number of aryl methyl sites for hydroxylation is 1. The van der Waals surface area contributed by atoms with Crippen LogP contribution in [0.5, 0.6) is 11.5 Å². The second-order valence-corrected chi connectivity index (χ2v) is 9.62. The van der Waals surface area contributed by atoms with Gasteiger partial charge in [-0.2, -0.15) is 0 Å². The van der Waals surface area contributed by atoms with E-state index in [4.69, 9.17) is 32.7 Å². The molecule has 7 heteroatoms. The molecule has 0 saturated heterocycles. The van der Waals surface area contributed by atoms with Gasteiger partial charge in [-0.05, 0) is 60.0 Å². The first-order chi connectivity index (χ1) is 16.3. The van der Waals surface area contributed by atoms with Crippen molar-refractivity contribution >= 4 is 40.7 Å². The Hall–Kier alpha value is -2.99. The maximum Gasteiger partial charge on any atom is 0.232 e. The average Bonchev–Trinajstić information content (AvgIpc) is 3.14. The van der Waals surface area contributed by atoms with E-state index in [1.165, 1.54) is 0 Å². The predicted molar refractivity (Wildman–Crippen MR) is 136 cm³/mol. The predicted octanol–water partition coefficient (Wildman–Crippen LogP) is 6.34. The van der Waals surface area contributed by atoms with Crippen molar-refractivity contribution in [3.8, 4) is 11.5 Å². The quantitative estimate of drug-likeness (QED) is 0.396. The third-order valence-corrected chi connectivity index (χ3v) is 6.82. The molecule has 3 aromatic carbocycles. The van der Waals surface area contributed by atoms with Crippen LogP contribution >= 0.6 is 23.2 Å². The molecule has 0 amide bonds. The van der Waals surface area contributed by atoms with Crippen LogP contribution in [-0.4, -0.2) is 31.5 Å². The van der Waals surface area contributed by atoms with Gasteiger partial charge in [0.05, 0.1) is 21.2 Å². The lowest BCUT2D eigenvalue weighted by Gasteiger charge is -2.30. The maximum atomic E-state index is 13.2. The highest BCUT2D eigenvalue weighted by molar-refractivity contribution is 6.42. The van der Waals surface area contributed by atoms with Crippen molar-refractivity contribution < 1.29 is 14.3 Å². The van der Waals surface area contributed by atoms with Crippen molar-refractivity contribution in [2.45, 2.75) is 20.0 Å². The first-order valence-corrected chi connectivity index (χ1v) is 11.7. The summed E-state index contributed by atoms with van der Waals surface area (Å²) in [5, 5.41) is 1.05. The summed E-state index contributed by atoms with van der Waals surface area (Å²) < 4.78 is 12.2. The van der Waals surface area contributed by atoms with Crippen LogP contribution in [-0.2, 0) is 13.1 Å². The van der Waals surface area contributed by atoms with E-state index < -0.39 is 0 Å². The molecule has 0 radical (unpaired) electrons. The van der Waals surface area contributed by atoms with Crippen LogP contribution in [0.25, 0.3) is 6.08 Å². The molecule has 0 aromatic heterocycles. The number of benzene rings is 3. The van der Waals surface area contributed by atoms with Gasteiger partial charge in [0, 0.05) is 32.9 Å². The maximum absolute atomic E-state index is 13.2. The van der Waals surface area contributed by atoms with E-state index in [-0.39, 0.29) is 5.78 Å². The molecule has 34 heavy (non-hydrogen) atoms. The van der Waals surface area contributed by atoms with Crippen molar-refractivity contribution in [3.63, 3.8) is 0 Å². The molecule has 0 unspecified atom stereocenters. The summed E-state index contributed by atoms with van der Waals surface area (Å²) >= 11 is 12.2. The number of ketones is 1. The number of carbonyl (C=O) groups excluding carboxylic acids is 1. The zero-order valence-corrected chi connectivity index (χ0v) is 20.7. The minimum atomic E-state index is -0.103. The number of hydrogen-bond acceptors (Lipinski definition) is 5. The molecular formula is C27H24Cl2N2O3. The van der Waals surface area contributed by atoms with Crippen molar-refractivity contribution in [2.75, 3.05) is 25.7 Å². The fourth-order valence-corrected chi connectivity index (χ4v) is 4.61. The number of carbonyl (C=O) groups is 1. The third-order valence-electron chi connectivity index (χ3n) is 6.09. The average molecular weight is 495 g/mol. The zero-order valence-electron chi connectivity index (χ0n) is 19.2. The van der Waals surface area contributed by atoms with Crippen LogP contribution in [0.15, 0.2) is 54.3 Å². The van der Waals surface area contributed by atoms with Crippen LogP contribution in [0.2, 0.25) is 10.0 Å². The third kappa shape index (κ3) is 4.27. The van der Waals surface area contributed by atoms with Crippen LogP contribution < -0.4 is 14.4 Å². The molecule has 0 spiro atoms.